The standard InChI is InChI=1S/C43H66N12O11S/c1-3-24(2)36-42(65)51-27(15-16-32(45)56)38(61)52-29(21-33(46)57)39(62)53-30(23-67-19-9-14-35(59)49-28(40(63)54-36)20-25-10-5-4-6-11-25)43(66)55-18-8-13-31(55)41(64)50-26(12-7-17-44)37(60)48-22-34(47)58/h4-6,10-11,24,26-31,36H,3,7-9,12-23,44H2,1-2H3,(H2,45,56)(H2,46,57)(H2,47,58)(H,48,60)(H,49,59)(H,50,64)(H,51,65)(H,52,61)(H,53,62)(H,54,63)/t24-,26-,27-,28-,29-,30-,31-,36-/m0/s1. The summed E-state index contributed by atoms with van der Waals surface area (Å²) in [4.78, 5) is 147. The zero-order valence-electron chi connectivity index (χ0n) is 38.0. The minimum absolute atomic E-state index is 0.0488. The zero-order valence-corrected chi connectivity index (χ0v) is 38.8. The number of carbonyl (C=O) groups is 11. The molecule has 15 N–H and O–H groups in total. The topological polar surface area (TPSA) is 379 Å². The van der Waals surface area contributed by atoms with E-state index < -0.39 is 133 Å². The minimum atomic E-state index is -1.71. The fraction of sp³-hybridized carbons (Fsp3) is 0.605. The zero-order chi connectivity index (χ0) is 49.6. The molecule has 2 heterocycles. The van der Waals surface area contributed by atoms with Gasteiger partial charge in [0.25, 0.3) is 0 Å². The quantitative estimate of drug-likeness (QED) is 0.0673. The first-order valence-electron chi connectivity index (χ1n) is 22.4. The molecule has 2 fully saturated rings. The van der Waals surface area contributed by atoms with Crippen LogP contribution in [0.15, 0.2) is 30.3 Å². The number of rotatable bonds is 18. The van der Waals surface area contributed by atoms with Gasteiger partial charge in [-0.15, -0.1) is 0 Å². The van der Waals surface area contributed by atoms with E-state index in [-0.39, 0.29) is 63.1 Å². The van der Waals surface area contributed by atoms with E-state index in [0.29, 0.717) is 19.3 Å². The van der Waals surface area contributed by atoms with Crippen molar-refractivity contribution in [1.82, 2.24) is 42.1 Å². The SMILES string of the molecule is CC[C@H](C)[C@@H]1NC(=O)[C@H](Cc2ccccc2)NC(=O)CCCSC[C@@H](C(=O)N2CCC[C@H]2C(=O)N[C@@H](CCCN)C(=O)NCC(N)=O)NC(=O)[C@H](CC(N)=O)NC(=O)[C@H](CCC(N)=O)NC1=O. The minimum Gasteiger partial charge on any atom is -0.370 e. The molecule has 67 heavy (non-hydrogen) atoms. The van der Waals surface area contributed by atoms with E-state index in [1.165, 1.54) is 16.7 Å². The molecule has 0 aromatic heterocycles. The lowest BCUT2D eigenvalue weighted by atomic mass is 9.96. The number of thioether (sulfide) groups is 1. The second kappa shape index (κ2) is 28.0. The predicted octanol–water partition coefficient (Wildman–Crippen LogP) is -3.82. The number of hydrogen-bond donors (Lipinski definition) is 11. The largest absolute Gasteiger partial charge is 0.370 e. The third kappa shape index (κ3) is 18.5. The van der Waals surface area contributed by atoms with E-state index in [1.54, 1.807) is 44.2 Å². The van der Waals surface area contributed by atoms with Gasteiger partial charge in [0.15, 0.2) is 0 Å². The highest BCUT2D eigenvalue weighted by molar-refractivity contribution is 7.99. The van der Waals surface area contributed by atoms with Crippen LogP contribution in [0.4, 0.5) is 0 Å². The predicted molar refractivity (Wildman–Crippen MR) is 245 cm³/mol. The summed E-state index contributed by atoms with van der Waals surface area (Å²) in [6, 6.07) is -0.335. The molecule has 0 bridgehead atoms. The highest BCUT2D eigenvalue weighted by atomic mass is 32.2. The van der Waals surface area contributed by atoms with Crippen molar-refractivity contribution in [3.05, 3.63) is 35.9 Å². The lowest BCUT2D eigenvalue weighted by molar-refractivity contribution is -0.142. The number of primary amides is 3. The molecule has 0 radical (unpaired) electrons. The van der Waals surface area contributed by atoms with Gasteiger partial charge in [-0.2, -0.15) is 11.8 Å². The third-order valence-corrected chi connectivity index (χ3v) is 12.4. The average Bonchev–Trinajstić information content (AvgIpc) is 3.78. The average molecular weight is 959 g/mol. The summed E-state index contributed by atoms with van der Waals surface area (Å²) in [6.45, 7) is 3.26. The molecule has 0 unspecified atom stereocenters. The maximum atomic E-state index is 14.4. The van der Waals surface area contributed by atoms with Crippen LogP contribution < -0.4 is 60.2 Å². The molecule has 23 nitrogen and oxygen atoms in total. The van der Waals surface area contributed by atoms with Gasteiger partial charge in [-0.1, -0.05) is 50.6 Å². The Morgan fingerprint density at radius 3 is 2.13 bits per heavy atom. The first-order chi connectivity index (χ1) is 31.8. The van der Waals surface area contributed by atoms with Gasteiger partial charge in [-0.05, 0) is 62.3 Å². The maximum Gasteiger partial charge on any atom is 0.246 e. The monoisotopic (exact) mass is 958 g/mol. The van der Waals surface area contributed by atoms with Crippen molar-refractivity contribution >= 4 is 76.7 Å². The Labute approximate surface area is 393 Å². The molecule has 24 heteroatoms. The van der Waals surface area contributed by atoms with Crippen LogP contribution in [0.3, 0.4) is 0 Å². The van der Waals surface area contributed by atoms with Crippen LogP contribution in [-0.2, 0) is 59.2 Å². The van der Waals surface area contributed by atoms with Crippen LogP contribution in [0.1, 0.15) is 83.6 Å². The van der Waals surface area contributed by atoms with E-state index in [9.17, 15) is 52.7 Å². The van der Waals surface area contributed by atoms with E-state index in [0.717, 1.165) is 5.56 Å². The van der Waals surface area contributed by atoms with Crippen molar-refractivity contribution in [1.29, 1.82) is 0 Å². The molecular formula is C43H66N12O11S. The number of hydrogen-bond acceptors (Lipinski definition) is 13. The maximum absolute atomic E-state index is 14.4. The fourth-order valence-corrected chi connectivity index (χ4v) is 8.40. The van der Waals surface area contributed by atoms with Gasteiger partial charge in [0.1, 0.15) is 42.3 Å². The summed E-state index contributed by atoms with van der Waals surface area (Å²) in [5.74, 6) is -9.11. The number of carbonyl (C=O) groups excluding carboxylic acids is 11. The Kier molecular flexibility index (Phi) is 23.0. The Balaban J connectivity index is 2.01. The van der Waals surface area contributed by atoms with Crippen LogP contribution in [0.25, 0.3) is 0 Å². The number of amides is 11. The second-order valence-electron chi connectivity index (χ2n) is 16.6. The molecule has 11 amide bonds. The Bertz CT molecular complexity index is 1940. The lowest BCUT2D eigenvalue weighted by Gasteiger charge is -2.31. The van der Waals surface area contributed by atoms with Crippen molar-refractivity contribution in [2.75, 3.05) is 31.1 Å². The Morgan fingerprint density at radius 1 is 0.821 bits per heavy atom. The summed E-state index contributed by atoms with van der Waals surface area (Å²) >= 11 is 1.18. The second-order valence-corrected chi connectivity index (χ2v) is 17.7. The van der Waals surface area contributed by atoms with Crippen molar-refractivity contribution in [2.45, 2.75) is 127 Å². The van der Waals surface area contributed by atoms with Gasteiger partial charge in [-0.3, -0.25) is 52.7 Å². The number of nitrogens with one attached hydrogen (secondary N) is 7. The van der Waals surface area contributed by atoms with Gasteiger partial charge < -0.3 is 65.1 Å². The number of likely N-dealkylation sites (tertiary alicyclic amines) is 1. The van der Waals surface area contributed by atoms with Crippen LogP contribution in [-0.4, -0.2) is 143 Å². The molecule has 2 aliphatic heterocycles. The molecule has 0 aliphatic carbocycles. The molecule has 8 atom stereocenters. The van der Waals surface area contributed by atoms with E-state index in [2.05, 4.69) is 37.2 Å². The summed E-state index contributed by atoms with van der Waals surface area (Å²) in [6.07, 6.45) is 0.144. The van der Waals surface area contributed by atoms with Crippen LogP contribution in [0.5, 0.6) is 0 Å². The van der Waals surface area contributed by atoms with Gasteiger partial charge in [-0.25, -0.2) is 0 Å². The Morgan fingerprint density at radius 2 is 1.49 bits per heavy atom. The smallest absolute Gasteiger partial charge is 0.246 e. The lowest BCUT2D eigenvalue weighted by Crippen LogP contribution is -2.61. The van der Waals surface area contributed by atoms with Gasteiger partial charge in [0, 0.05) is 31.6 Å². The molecule has 3 rings (SSSR count). The van der Waals surface area contributed by atoms with Gasteiger partial charge in [0.05, 0.1) is 13.0 Å². The number of benzene rings is 1. The van der Waals surface area contributed by atoms with Crippen LogP contribution >= 0.6 is 11.8 Å². The summed E-state index contributed by atoms with van der Waals surface area (Å²) in [5.41, 5.74) is 22.4. The summed E-state index contributed by atoms with van der Waals surface area (Å²) < 4.78 is 0. The third-order valence-electron chi connectivity index (χ3n) is 11.3. The molecule has 2 aliphatic rings. The molecule has 1 aromatic carbocycles. The fourth-order valence-electron chi connectivity index (χ4n) is 7.42. The van der Waals surface area contributed by atoms with Crippen molar-refractivity contribution < 1.29 is 52.7 Å². The van der Waals surface area contributed by atoms with E-state index >= 15 is 0 Å². The first-order valence-corrected chi connectivity index (χ1v) is 23.6. The molecule has 2 saturated heterocycles. The van der Waals surface area contributed by atoms with Gasteiger partial charge >= 0.3 is 0 Å². The van der Waals surface area contributed by atoms with Gasteiger partial charge in [0.2, 0.25) is 65.0 Å². The summed E-state index contributed by atoms with van der Waals surface area (Å²) in [7, 11) is 0. The van der Waals surface area contributed by atoms with Crippen molar-refractivity contribution in [3.63, 3.8) is 0 Å². The molecule has 0 saturated carbocycles. The Hall–Kier alpha value is -6.30. The highest BCUT2D eigenvalue weighted by Crippen LogP contribution is 2.21. The molecule has 1 aromatic rings. The van der Waals surface area contributed by atoms with Crippen molar-refractivity contribution in [2.24, 2.45) is 28.9 Å². The van der Waals surface area contributed by atoms with E-state index in [4.69, 9.17) is 22.9 Å². The normalized spacial score (nSPS) is 23.4. The number of nitrogens with two attached hydrogens (primary N) is 4. The summed E-state index contributed by atoms with van der Waals surface area (Å²) in [5, 5.41) is 18.1. The van der Waals surface area contributed by atoms with Crippen LogP contribution in [0.2, 0.25) is 0 Å². The van der Waals surface area contributed by atoms with Crippen LogP contribution in [0, 0.1) is 5.92 Å². The first kappa shape index (κ1) is 55.0. The highest BCUT2D eigenvalue weighted by Gasteiger charge is 2.40. The van der Waals surface area contributed by atoms with E-state index in [1.807, 2.05) is 0 Å². The molecular weight excluding hydrogens is 893 g/mol. The number of nitrogens with zero attached hydrogens (tertiary/aromatic N) is 1. The van der Waals surface area contributed by atoms with Crippen molar-refractivity contribution in [3.8, 4) is 0 Å². The molecule has 370 valence electrons. The molecule has 0 spiro atoms.